The molecule has 41 heavy (non-hydrogen) atoms. The molecule has 0 bridgehead atoms. The number of aryl methyl sites for hydroxylation is 1. The summed E-state index contributed by atoms with van der Waals surface area (Å²) in [7, 11) is 1.14. The van der Waals surface area contributed by atoms with Crippen LogP contribution in [0, 0.1) is 11.3 Å². The summed E-state index contributed by atoms with van der Waals surface area (Å²) in [6, 6.07) is 9.96. The van der Waals surface area contributed by atoms with Gasteiger partial charge in [0.1, 0.15) is 18.1 Å². The number of nitrogens with zero attached hydrogens (tertiary/aromatic N) is 6. The van der Waals surface area contributed by atoms with Gasteiger partial charge in [-0.15, -0.1) is 0 Å². The van der Waals surface area contributed by atoms with E-state index in [1.54, 1.807) is 19.5 Å². The third-order valence-electron chi connectivity index (χ3n) is 8.11. The van der Waals surface area contributed by atoms with E-state index in [0.717, 1.165) is 35.2 Å². The number of carbonyl (C=O) groups is 1. The minimum absolute atomic E-state index is 0.0581. The molecular formula is C29H39BN7O3Si. The number of methoxy groups -OCH3 is 1. The Morgan fingerprint density at radius 1 is 1.27 bits per heavy atom. The minimum atomic E-state index is -2.04. The quantitative estimate of drug-likeness (QED) is 0.184. The van der Waals surface area contributed by atoms with Gasteiger partial charge in [-0.2, -0.15) is 10.4 Å². The Kier molecular flexibility index (Phi) is 9.01. The van der Waals surface area contributed by atoms with Crippen LogP contribution in [0.1, 0.15) is 45.2 Å². The molecule has 0 aliphatic carbocycles. The number of anilines is 3. The number of hydrogen-bond acceptors (Lipinski definition) is 9. The number of ether oxygens (including phenoxy) is 1. The predicted octanol–water partition coefficient (Wildman–Crippen LogP) is 4.90. The first kappa shape index (κ1) is 30.4. The predicted molar refractivity (Wildman–Crippen MR) is 165 cm³/mol. The lowest BCUT2D eigenvalue weighted by Crippen LogP contribution is -2.46. The third kappa shape index (κ3) is 6.53. The Balaban J connectivity index is 1.69. The summed E-state index contributed by atoms with van der Waals surface area (Å²) in [6.45, 7) is 15.6. The van der Waals surface area contributed by atoms with Crippen molar-refractivity contribution in [2.75, 3.05) is 37.0 Å². The van der Waals surface area contributed by atoms with Crippen LogP contribution in [0.5, 0.6) is 0 Å². The van der Waals surface area contributed by atoms with Crippen molar-refractivity contribution in [2.45, 2.75) is 64.2 Å². The summed E-state index contributed by atoms with van der Waals surface area (Å²) in [4.78, 5) is 22.6. The second-order valence-corrected chi connectivity index (χ2v) is 17.0. The van der Waals surface area contributed by atoms with E-state index in [9.17, 15) is 10.1 Å². The summed E-state index contributed by atoms with van der Waals surface area (Å²) in [5.74, 6) is 1.20. The van der Waals surface area contributed by atoms with Gasteiger partial charge in [0.2, 0.25) is 5.95 Å². The highest BCUT2D eigenvalue weighted by molar-refractivity contribution is 6.74. The van der Waals surface area contributed by atoms with Crippen LogP contribution < -0.4 is 10.1 Å². The maximum atomic E-state index is 11.5. The van der Waals surface area contributed by atoms with Crippen LogP contribution in [-0.2, 0) is 25.9 Å². The third-order valence-corrected chi connectivity index (χ3v) is 12.6. The molecule has 4 rings (SSSR count). The Hall–Kier alpha value is -3.53. The molecule has 1 radical (unpaired) electrons. The largest absolute Gasteiger partial charge is 0.416 e. The SMILES string of the molecule is COCCCn1nccc1Nc1nccc(-c2cc(C#N)c3c(c2)[C@](C)(CO[Si](C)(C)C(C)(C)C)CN3[B]C=O)n1. The van der Waals surface area contributed by atoms with E-state index in [-0.39, 0.29) is 5.04 Å². The number of aromatic nitrogens is 4. The van der Waals surface area contributed by atoms with E-state index in [2.05, 4.69) is 68.3 Å². The molecule has 0 saturated carbocycles. The van der Waals surface area contributed by atoms with Crippen LogP contribution in [0.15, 0.2) is 36.7 Å². The van der Waals surface area contributed by atoms with Gasteiger partial charge in [0.05, 0.1) is 17.5 Å². The van der Waals surface area contributed by atoms with E-state index in [1.807, 2.05) is 27.7 Å². The van der Waals surface area contributed by atoms with E-state index >= 15 is 0 Å². The van der Waals surface area contributed by atoms with Gasteiger partial charge in [-0.3, -0.25) is 0 Å². The van der Waals surface area contributed by atoms with Crippen molar-refractivity contribution in [3.8, 4) is 17.3 Å². The normalized spacial score (nSPS) is 16.8. The molecule has 1 aliphatic heterocycles. The second-order valence-electron chi connectivity index (χ2n) is 12.2. The van der Waals surface area contributed by atoms with Crippen LogP contribution in [0.25, 0.3) is 11.3 Å². The summed E-state index contributed by atoms with van der Waals surface area (Å²) < 4.78 is 13.7. The maximum Gasteiger partial charge on any atom is 0.329 e. The van der Waals surface area contributed by atoms with Crippen molar-refractivity contribution in [1.82, 2.24) is 19.7 Å². The molecule has 2 aromatic heterocycles. The molecule has 0 saturated heterocycles. The lowest BCUT2D eigenvalue weighted by atomic mass is 9.83. The molecule has 0 unspecified atom stereocenters. The van der Waals surface area contributed by atoms with Gasteiger partial charge in [-0.25, -0.2) is 14.6 Å². The molecule has 1 atom stereocenters. The Bertz CT molecular complexity index is 1430. The molecular weight excluding hydrogens is 533 g/mol. The van der Waals surface area contributed by atoms with Crippen LogP contribution in [0.2, 0.25) is 18.1 Å². The average molecular weight is 573 g/mol. The summed E-state index contributed by atoms with van der Waals surface area (Å²) >= 11 is 0. The maximum absolute atomic E-state index is 11.5. The van der Waals surface area contributed by atoms with Gasteiger partial charge >= 0.3 is 7.41 Å². The number of nitrogens with one attached hydrogen (secondary N) is 1. The smallest absolute Gasteiger partial charge is 0.329 e. The molecule has 0 amide bonds. The number of fused-ring (bicyclic) bond motifs is 1. The van der Waals surface area contributed by atoms with Crippen molar-refractivity contribution in [1.29, 1.82) is 5.26 Å². The first-order valence-corrected chi connectivity index (χ1v) is 16.7. The van der Waals surface area contributed by atoms with Crippen LogP contribution >= 0.6 is 0 Å². The van der Waals surface area contributed by atoms with Crippen molar-refractivity contribution in [2.24, 2.45) is 0 Å². The number of benzene rings is 1. The fourth-order valence-electron chi connectivity index (χ4n) is 4.73. The minimum Gasteiger partial charge on any atom is -0.416 e. The van der Waals surface area contributed by atoms with Gasteiger partial charge in [0, 0.05) is 62.3 Å². The second kappa shape index (κ2) is 12.1. The zero-order chi connectivity index (χ0) is 29.8. The Morgan fingerprint density at radius 3 is 2.73 bits per heavy atom. The van der Waals surface area contributed by atoms with E-state index in [1.165, 1.54) is 7.41 Å². The average Bonchev–Trinajstić information content (AvgIpc) is 3.48. The van der Waals surface area contributed by atoms with Gasteiger partial charge in [0.25, 0.3) is 0 Å². The standard InChI is InChI=1S/C29H39BN7O3Si/c1-28(2,3)41(6,7)40-19-29(4)18-36(30-20-38)26-22(17-31)15-21(16-23(26)29)24-9-11-32-27(34-24)35-25-10-12-33-37(25)13-8-14-39-5/h9-12,15-16,20H,8,13-14,18-19H2,1-7H3,(H,32,34,35)/t29-/m0/s1. The number of nitriles is 1. The molecule has 1 aliphatic rings. The molecule has 0 spiro atoms. The summed E-state index contributed by atoms with van der Waals surface area (Å²) in [6.07, 6.45) is 5.02. The van der Waals surface area contributed by atoms with Crippen molar-refractivity contribution in [3.63, 3.8) is 0 Å². The molecule has 215 valence electrons. The van der Waals surface area contributed by atoms with Crippen LogP contribution in [0.4, 0.5) is 17.5 Å². The fraction of sp³-hybridized carbons (Fsp3) is 0.483. The highest BCUT2D eigenvalue weighted by Gasteiger charge is 2.44. The zero-order valence-electron chi connectivity index (χ0n) is 25.1. The first-order chi connectivity index (χ1) is 19.4. The summed E-state index contributed by atoms with van der Waals surface area (Å²) in [5.41, 5.74) is 3.23. The van der Waals surface area contributed by atoms with Crippen LogP contribution in [-0.4, -0.2) is 68.5 Å². The topological polar surface area (TPSA) is 118 Å². The highest BCUT2D eigenvalue weighted by atomic mass is 28.4. The first-order valence-electron chi connectivity index (χ1n) is 13.8. The zero-order valence-corrected chi connectivity index (χ0v) is 26.1. The molecule has 3 aromatic rings. The van der Waals surface area contributed by atoms with E-state index in [4.69, 9.17) is 14.1 Å². The lowest BCUT2D eigenvalue weighted by molar-refractivity contribution is 0.189. The number of carbonyl (C=O) groups excluding carboxylic acids is 1. The molecule has 1 aromatic carbocycles. The van der Waals surface area contributed by atoms with Crippen molar-refractivity contribution in [3.05, 3.63) is 47.8 Å². The van der Waals surface area contributed by atoms with Gasteiger partial charge in [-0.1, -0.05) is 27.7 Å². The number of hydrogen-bond donors (Lipinski definition) is 1. The molecule has 3 heterocycles. The lowest BCUT2D eigenvalue weighted by Gasteiger charge is -2.39. The Morgan fingerprint density at radius 2 is 2.05 bits per heavy atom. The molecule has 10 nitrogen and oxygen atoms in total. The van der Waals surface area contributed by atoms with Gasteiger partial charge < -0.3 is 24.1 Å². The van der Waals surface area contributed by atoms with Crippen molar-refractivity contribution < 1.29 is 14.0 Å². The van der Waals surface area contributed by atoms with E-state index in [0.29, 0.717) is 43.5 Å². The van der Waals surface area contributed by atoms with Crippen LogP contribution in [0.3, 0.4) is 0 Å². The molecule has 1 N–H and O–H groups in total. The monoisotopic (exact) mass is 572 g/mol. The van der Waals surface area contributed by atoms with Gasteiger partial charge in [0.15, 0.2) is 8.32 Å². The Labute approximate surface area is 244 Å². The fourth-order valence-corrected chi connectivity index (χ4v) is 5.84. The molecule has 0 fully saturated rings. The van der Waals surface area contributed by atoms with E-state index < -0.39 is 13.7 Å². The highest BCUT2D eigenvalue weighted by Crippen LogP contribution is 2.46. The van der Waals surface area contributed by atoms with Gasteiger partial charge in [-0.05, 0) is 48.3 Å². The molecule has 12 heteroatoms. The summed E-state index contributed by atoms with van der Waals surface area (Å²) in [5, 5.41) is 17.9. The number of rotatable bonds is 12. The van der Waals surface area contributed by atoms with Crippen molar-refractivity contribution >= 4 is 39.4 Å².